The van der Waals surface area contributed by atoms with Crippen molar-refractivity contribution < 1.29 is 19.4 Å². The molecule has 5 heteroatoms. The summed E-state index contributed by atoms with van der Waals surface area (Å²) >= 11 is 0. The predicted octanol–water partition coefficient (Wildman–Crippen LogP) is 2.57. The quantitative estimate of drug-likeness (QED) is 0.810. The summed E-state index contributed by atoms with van der Waals surface area (Å²) in [7, 11) is 0. The van der Waals surface area contributed by atoms with E-state index in [1.807, 2.05) is 30.3 Å². The number of amides is 1. The van der Waals surface area contributed by atoms with Gasteiger partial charge in [-0.15, -0.1) is 0 Å². The van der Waals surface area contributed by atoms with Gasteiger partial charge in [-0.2, -0.15) is 0 Å². The molecule has 0 aromatic heterocycles. The molecular formula is C18H25NO4. The van der Waals surface area contributed by atoms with Gasteiger partial charge in [0.1, 0.15) is 6.04 Å². The molecule has 3 atom stereocenters. The van der Waals surface area contributed by atoms with Gasteiger partial charge in [0.15, 0.2) is 0 Å². The highest BCUT2D eigenvalue weighted by atomic mass is 16.5. The van der Waals surface area contributed by atoms with Gasteiger partial charge in [-0.25, -0.2) is 4.79 Å². The van der Waals surface area contributed by atoms with Crippen molar-refractivity contribution in [2.45, 2.75) is 44.6 Å². The molecule has 1 heterocycles. The predicted molar refractivity (Wildman–Crippen MR) is 87.2 cm³/mol. The summed E-state index contributed by atoms with van der Waals surface area (Å²) in [5.74, 6) is -1.06. The number of carboxylic acid groups (broad SMARTS) is 1. The molecule has 23 heavy (non-hydrogen) atoms. The van der Waals surface area contributed by atoms with Crippen LogP contribution in [0.5, 0.6) is 0 Å². The van der Waals surface area contributed by atoms with Crippen LogP contribution >= 0.6 is 0 Å². The van der Waals surface area contributed by atoms with Crippen LogP contribution < -0.4 is 5.32 Å². The van der Waals surface area contributed by atoms with E-state index in [2.05, 4.69) is 12.2 Å². The van der Waals surface area contributed by atoms with Crippen LogP contribution in [0.25, 0.3) is 0 Å². The van der Waals surface area contributed by atoms with Crippen molar-refractivity contribution in [2.75, 3.05) is 13.2 Å². The molecule has 1 fully saturated rings. The number of carbonyl (C=O) groups is 2. The van der Waals surface area contributed by atoms with Crippen LogP contribution in [0, 0.1) is 5.92 Å². The molecule has 1 aliphatic rings. The van der Waals surface area contributed by atoms with Crippen molar-refractivity contribution in [1.29, 1.82) is 0 Å². The first-order valence-electron chi connectivity index (χ1n) is 8.22. The Kier molecular flexibility index (Phi) is 6.59. The lowest BCUT2D eigenvalue weighted by Crippen LogP contribution is -2.48. The van der Waals surface area contributed by atoms with E-state index in [-0.39, 0.29) is 17.7 Å². The molecule has 2 rings (SSSR count). The van der Waals surface area contributed by atoms with E-state index < -0.39 is 12.0 Å². The minimum Gasteiger partial charge on any atom is -0.480 e. The van der Waals surface area contributed by atoms with E-state index in [1.165, 1.54) is 5.56 Å². The highest BCUT2D eigenvalue weighted by molar-refractivity contribution is 5.83. The maximum Gasteiger partial charge on any atom is 0.326 e. The number of hydrogen-bond acceptors (Lipinski definition) is 3. The number of rotatable bonds is 7. The van der Waals surface area contributed by atoms with Crippen LogP contribution in [0.15, 0.2) is 30.3 Å². The third kappa shape index (κ3) is 5.36. The molecule has 0 aliphatic carbocycles. The molecule has 2 N–H and O–H groups in total. The Labute approximate surface area is 137 Å². The number of carboxylic acids is 1. The molecule has 1 aromatic rings. The maximum atomic E-state index is 12.1. The third-order valence-corrected chi connectivity index (χ3v) is 4.42. The van der Waals surface area contributed by atoms with Gasteiger partial charge in [0.05, 0.1) is 6.61 Å². The SMILES string of the molecule is CC(CCC(=O)NC(C(=O)O)C1CCCOC1)c1ccccc1. The molecule has 126 valence electrons. The highest BCUT2D eigenvalue weighted by Gasteiger charge is 2.31. The van der Waals surface area contributed by atoms with Crippen LogP contribution in [-0.4, -0.2) is 36.2 Å². The Hall–Kier alpha value is -1.88. The summed E-state index contributed by atoms with van der Waals surface area (Å²) in [6.45, 7) is 3.15. The number of ether oxygens (including phenoxy) is 1. The summed E-state index contributed by atoms with van der Waals surface area (Å²) in [4.78, 5) is 23.5. The summed E-state index contributed by atoms with van der Waals surface area (Å²) < 4.78 is 5.34. The van der Waals surface area contributed by atoms with Crippen LogP contribution in [-0.2, 0) is 14.3 Å². The summed E-state index contributed by atoms with van der Waals surface area (Å²) in [5, 5.41) is 12.0. The lowest BCUT2D eigenvalue weighted by molar-refractivity contribution is -0.145. The van der Waals surface area contributed by atoms with E-state index >= 15 is 0 Å². The van der Waals surface area contributed by atoms with Gasteiger partial charge >= 0.3 is 5.97 Å². The largest absolute Gasteiger partial charge is 0.480 e. The smallest absolute Gasteiger partial charge is 0.326 e. The molecule has 3 unspecified atom stereocenters. The monoisotopic (exact) mass is 319 g/mol. The zero-order valence-corrected chi connectivity index (χ0v) is 13.5. The number of hydrogen-bond donors (Lipinski definition) is 2. The van der Waals surface area contributed by atoms with E-state index in [0.29, 0.717) is 26.1 Å². The Balaban J connectivity index is 1.83. The molecule has 1 saturated heterocycles. The van der Waals surface area contributed by atoms with Crippen LogP contribution in [0.4, 0.5) is 0 Å². The summed E-state index contributed by atoms with van der Waals surface area (Å²) in [6.07, 6.45) is 2.64. The lowest BCUT2D eigenvalue weighted by atomic mass is 9.93. The van der Waals surface area contributed by atoms with Crippen LogP contribution in [0.2, 0.25) is 0 Å². The second-order valence-electron chi connectivity index (χ2n) is 6.21. The first-order chi connectivity index (χ1) is 11.1. The summed E-state index contributed by atoms with van der Waals surface area (Å²) in [6, 6.07) is 9.16. The molecule has 1 amide bonds. The normalized spacial score (nSPS) is 20.5. The number of carbonyl (C=O) groups excluding carboxylic acids is 1. The van der Waals surface area contributed by atoms with E-state index in [1.54, 1.807) is 0 Å². The molecule has 0 bridgehead atoms. The van der Waals surface area contributed by atoms with Crippen molar-refractivity contribution in [2.24, 2.45) is 5.92 Å². The topological polar surface area (TPSA) is 75.6 Å². The van der Waals surface area contributed by atoms with Gasteiger partial charge in [-0.05, 0) is 30.7 Å². The van der Waals surface area contributed by atoms with Crippen molar-refractivity contribution in [3.8, 4) is 0 Å². The molecular weight excluding hydrogens is 294 g/mol. The number of benzene rings is 1. The van der Waals surface area contributed by atoms with Gasteiger partial charge in [0.2, 0.25) is 5.91 Å². The highest BCUT2D eigenvalue weighted by Crippen LogP contribution is 2.21. The summed E-state index contributed by atoms with van der Waals surface area (Å²) in [5.41, 5.74) is 1.19. The van der Waals surface area contributed by atoms with Crippen LogP contribution in [0.1, 0.15) is 44.1 Å². The fraction of sp³-hybridized carbons (Fsp3) is 0.556. The minimum absolute atomic E-state index is 0.142. The van der Waals surface area contributed by atoms with Gasteiger partial charge in [-0.1, -0.05) is 37.3 Å². The van der Waals surface area contributed by atoms with Gasteiger partial charge in [0, 0.05) is 18.9 Å². The molecule has 1 aliphatic heterocycles. The first-order valence-corrected chi connectivity index (χ1v) is 8.22. The molecule has 0 radical (unpaired) electrons. The van der Waals surface area contributed by atoms with E-state index in [0.717, 1.165) is 12.8 Å². The zero-order chi connectivity index (χ0) is 16.7. The van der Waals surface area contributed by atoms with Crippen molar-refractivity contribution in [1.82, 2.24) is 5.32 Å². The van der Waals surface area contributed by atoms with Crippen molar-refractivity contribution >= 4 is 11.9 Å². The average molecular weight is 319 g/mol. The lowest BCUT2D eigenvalue weighted by Gasteiger charge is -2.28. The zero-order valence-electron chi connectivity index (χ0n) is 13.5. The first kappa shape index (κ1) is 17.5. The number of aliphatic carboxylic acids is 1. The molecule has 0 saturated carbocycles. The Morgan fingerprint density at radius 1 is 1.35 bits per heavy atom. The Morgan fingerprint density at radius 3 is 2.70 bits per heavy atom. The molecule has 1 aromatic carbocycles. The fourth-order valence-electron chi connectivity index (χ4n) is 2.95. The van der Waals surface area contributed by atoms with Gasteiger partial charge in [-0.3, -0.25) is 4.79 Å². The van der Waals surface area contributed by atoms with Gasteiger partial charge in [0.25, 0.3) is 0 Å². The second kappa shape index (κ2) is 8.67. The molecule has 5 nitrogen and oxygen atoms in total. The fourth-order valence-corrected chi connectivity index (χ4v) is 2.95. The van der Waals surface area contributed by atoms with E-state index in [4.69, 9.17) is 4.74 Å². The van der Waals surface area contributed by atoms with Crippen molar-refractivity contribution in [3.63, 3.8) is 0 Å². The molecule has 0 spiro atoms. The maximum absolute atomic E-state index is 12.1. The third-order valence-electron chi connectivity index (χ3n) is 4.42. The standard InChI is InChI=1S/C18H25NO4/c1-13(14-6-3-2-4-7-14)9-10-16(20)19-17(18(21)22)15-8-5-11-23-12-15/h2-4,6-7,13,15,17H,5,8-12H2,1H3,(H,19,20)(H,21,22). The average Bonchev–Trinajstić information content (AvgIpc) is 2.58. The van der Waals surface area contributed by atoms with Crippen LogP contribution in [0.3, 0.4) is 0 Å². The Morgan fingerprint density at radius 2 is 2.09 bits per heavy atom. The van der Waals surface area contributed by atoms with Crippen molar-refractivity contribution in [3.05, 3.63) is 35.9 Å². The second-order valence-corrected chi connectivity index (χ2v) is 6.21. The van der Waals surface area contributed by atoms with Gasteiger partial charge < -0.3 is 15.2 Å². The number of nitrogens with one attached hydrogen (secondary N) is 1. The van der Waals surface area contributed by atoms with E-state index in [9.17, 15) is 14.7 Å². The Bertz CT molecular complexity index is 511. The minimum atomic E-state index is -0.982.